The van der Waals surface area contributed by atoms with Gasteiger partial charge in [0.25, 0.3) is 0 Å². The summed E-state index contributed by atoms with van der Waals surface area (Å²) in [6.45, 7) is 18.8. The van der Waals surface area contributed by atoms with E-state index in [2.05, 4.69) is 16.9 Å². The molecule has 0 unspecified atom stereocenters. The number of nitrogens with two attached hydrogens (primary N) is 1. The van der Waals surface area contributed by atoms with Crippen molar-refractivity contribution < 1.29 is 89.9 Å². The molecular weight excluding hydrogens is 1700 g/mol. The fourth-order valence-corrected chi connectivity index (χ4v) is 13.6. The smallest absolute Gasteiger partial charge is 0.444 e. The van der Waals surface area contributed by atoms with Crippen LogP contribution in [-0.4, -0.2) is 121 Å². The number of cyclic esters (lactones) is 5. The molecule has 10 aromatic rings. The van der Waals surface area contributed by atoms with Gasteiger partial charge in [0.05, 0.1) is 80.9 Å². The molecule has 15 rings (SSSR count). The number of anilines is 5. The van der Waals surface area contributed by atoms with E-state index in [1.54, 1.807) is 133 Å². The third-order valence-corrected chi connectivity index (χ3v) is 21.5. The van der Waals surface area contributed by atoms with Crippen LogP contribution in [0.1, 0.15) is 115 Å². The van der Waals surface area contributed by atoms with E-state index in [-0.39, 0.29) is 67.7 Å². The van der Waals surface area contributed by atoms with Crippen molar-refractivity contribution in [1.82, 2.24) is 0 Å². The summed E-state index contributed by atoms with van der Waals surface area (Å²) >= 11 is 1.91. The van der Waals surface area contributed by atoms with Gasteiger partial charge in [-0.25, -0.2) is 45.9 Å². The van der Waals surface area contributed by atoms with Gasteiger partial charge < -0.3 is 49.7 Å². The lowest BCUT2D eigenvalue weighted by atomic mass is 9.80. The number of carbonyl (C=O) groups is 5. The lowest BCUT2D eigenvalue weighted by molar-refractivity contribution is 0.138. The average molecular weight is 1800 g/mol. The molecule has 5 amide bonds. The molecule has 5 fully saturated rings. The molecule has 123 heavy (non-hydrogen) atoms. The van der Waals surface area contributed by atoms with Gasteiger partial charge in [-0.15, -0.1) is 0 Å². The third kappa shape index (κ3) is 25.4. The number of carbonyl (C=O) groups excluding carboxylic acids is 5. The predicted octanol–water partition coefficient (Wildman–Crippen LogP) is 20.3. The predicted molar refractivity (Wildman–Crippen MR) is 476 cm³/mol. The van der Waals surface area contributed by atoms with Gasteiger partial charge >= 0.3 is 37.6 Å². The Balaban J connectivity index is 0.000000169. The van der Waals surface area contributed by atoms with Crippen LogP contribution in [0, 0.1) is 32.7 Å². The zero-order valence-corrected chi connectivity index (χ0v) is 71.7. The molecule has 0 bridgehead atoms. The lowest BCUT2D eigenvalue weighted by Gasteiger charge is -2.14. The molecule has 5 aliphatic heterocycles. The van der Waals surface area contributed by atoms with Crippen molar-refractivity contribution in [3.63, 3.8) is 0 Å². The van der Waals surface area contributed by atoms with Crippen LogP contribution >= 0.6 is 22.6 Å². The van der Waals surface area contributed by atoms with Gasteiger partial charge in [0, 0.05) is 37.3 Å². The molecule has 0 radical (unpaired) electrons. The Morgan fingerprint density at radius 2 is 0.642 bits per heavy atom. The molecule has 646 valence electrons. The first kappa shape index (κ1) is 94.9. The van der Waals surface area contributed by atoms with Crippen molar-refractivity contribution >= 4 is 94.1 Å². The van der Waals surface area contributed by atoms with E-state index in [0.29, 0.717) is 105 Å². The first-order valence-electron chi connectivity index (χ1n) is 40.6. The number of benzene rings is 10. The van der Waals surface area contributed by atoms with Crippen LogP contribution < -0.4 is 35.7 Å². The van der Waals surface area contributed by atoms with Crippen LogP contribution in [0.3, 0.4) is 0 Å². The number of amides is 5. The molecule has 0 aliphatic carbocycles. The molecule has 5 aliphatic rings. The van der Waals surface area contributed by atoms with Gasteiger partial charge in [-0.05, 0) is 213 Å². The average Bonchev–Trinajstić information content (AvgIpc) is 1.77. The number of rotatable bonds is 21. The van der Waals surface area contributed by atoms with Crippen molar-refractivity contribution in [3.05, 3.63) is 283 Å². The first-order valence-corrected chi connectivity index (χ1v) is 41.7. The molecule has 0 aromatic heterocycles. The highest BCUT2D eigenvalue weighted by molar-refractivity contribution is 14.1. The Morgan fingerprint density at radius 3 is 0.870 bits per heavy atom. The highest BCUT2D eigenvalue weighted by Crippen LogP contribution is 2.36. The summed E-state index contributed by atoms with van der Waals surface area (Å²) in [7, 11) is -1.43. The minimum Gasteiger partial charge on any atom is -0.444 e. The Hall–Kier alpha value is -11.9. The van der Waals surface area contributed by atoms with E-state index >= 15 is 0 Å². The van der Waals surface area contributed by atoms with E-state index < -0.39 is 49.2 Å². The van der Waals surface area contributed by atoms with Gasteiger partial charge in [0.2, 0.25) is 0 Å². The van der Waals surface area contributed by atoms with E-state index in [4.69, 9.17) is 55.2 Å². The number of hydrogen-bond donors (Lipinski definition) is 5. The van der Waals surface area contributed by atoms with Gasteiger partial charge in [0.1, 0.15) is 59.6 Å². The van der Waals surface area contributed by atoms with Crippen molar-refractivity contribution in [3.8, 4) is 44.5 Å². The van der Waals surface area contributed by atoms with Crippen LogP contribution in [0.25, 0.3) is 55.0 Å². The second kappa shape index (κ2) is 46.4. The number of aryl methyl sites for hydroxylation is 1. The SMILES string of the molecule is CC.CC[C@H]1CN(c2ccc(-c3ccc(CN)cc3)c(F)c2)C(=O)O1.CC[C@H]1CN(c2ccc(-c3ccc(CN=[N+]=[N-])cc3)c(F)c2)C(=O)O1.CC[C@H]1CN(c2ccc(-c3ccc(CO)cc3)c(F)c2)C(=O)O1.CC[C@H]1CN(c2ccc(I)c(F)c2)C(=O)O1.CCc1ccc(-c2ccc(N3C[C@H](CC)OC3=O)cc2F)cc1.OCc1ccc(B(O)O)cc1. The summed E-state index contributed by atoms with van der Waals surface area (Å²) in [4.78, 5) is 69.0. The number of hydrogen-bond acceptors (Lipinski definition) is 16. The van der Waals surface area contributed by atoms with Crippen LogP contribution in [-0.2, 0) is 56.4 Å². The zero-order chi connectivity index (χ0) is 89.0. The minimum atomic E-state index is -1.43. The second-order valence-corrected chi connectivity index (χ2v) is 29.7. The van der Waals surface area contributed by atoms with Crippen LogP contribution in [0.2, 0.25) is 0 Å². The topological polar surface area (TPSA) is 303 Å². The molecule has 0 spiro atoms. The van der Waals surface area contributed by atoms with Crippen LogP contribution in [0.5, 0.6) is 0 Å². The summed E-state index contributed by atoms with van der Waals surface area (Å²) in [5.41, 5.74) is 26.5. The van der Waals surface area contributed by atoms with Crippen LogP contribution in [0.4, 0.5) is 74.4 Å². The molecular formula is C93H100BF5IN9O14. The maximum absolute atomic E-state index is 14.6. The number of nitrogens with zero attached hydrogens (tertiary/aromatic N) is 8. The fraction of sp³-hybridized carbons (Fsp3) is 0.301. The normalized spacial score (nSPS) is 16.7. The third-order valence-electron chi connectivity index (χ3n) is 20.6. The van der Waals surface area contributed by atoms with Crippen molar-refractivity contribution in [1.29, 1.82) is 0 Å². The van der Waals surface area contributed by atoms with Crippen molar-refractivity contribution in [2.75, 3.05) is 57.2 Å². The maximum atomic E-state index is 14.6. The van der Waals surface area contributed by atoms with E-state index in [1.165, 1.54) is 60.4 Å². The first-order chi connectivity index (χ1) is 59.3. The highest BCUT2D eigenvalue weighted by Gasteiger charge is 2.36. The highest BCUT2D eigenvalue weighted by atomic mass is 127. The van der Waals surface area contributed by atoms with Crippen LogP contribution in [0.15, 0.2) is 217 Å². The van der Waals surface area contributed by atoms with E-state index in [0.717, 1.165) is 77.5 Å². The van der Waals surface area contributed by atoms with Gasteiger partial charge in [-0.3, -0.25) is 24.5 Å². The van der Waals surface area contributed by atoms with Gasteiger partial charge in [-0.2, -0.15) is 0 Å². The molecule has 30 heteroatoms. The standard InChI is InChI=1S/C19H20FNO2.C18H17FN4O2.C18H19FN2O2.C18H18FNO3.C11H11FINO2.C7H9BO3.C2H6/c1-3-13-5-7-14(8-6-13)17-10-9-15(11-18(17)20)21-12-16(4-2)23-19(21)22;1-2-15-11-23(18(24)25-15)14-7-8-16(17(19)9-14)13-5-3-12(4-6-13)10-21-22-20;1-2-15-11-21(18(22)23-15)14-7-8-16(17(19)9-14)13-5-3-12(10-20)4-6-13;1-2-15-10-20(18(22)23-15)14-7-8-16(17(19)9-14)13-5-3-12(11-21)4-6-13;1-2-8-6-14(11(15)16-8)7-3-4-10(13)9(12)5-7;9-5-6-1-3-7(4-2-6)8(10)11;1-2/h5-11,16H,3-4,12H2,1-2H3;3-9,15H,2,10-11H2,1H3;3-9,15H,2,10-11,20H2,1H3;3-9,15,21H,2,10-11H2,1H3;3-5,8H,2,6H2,1H3;1-4,9-11H,5H2;1-2H3/t16-;3*15-;8-;;/m00000../s1. The van der Waals surface area contributed by atoms with E-state index in [9.17, 15) is 45.9 Å². The molecule has 5 heterocycles. The lowest BCUT2D eigenvalue weighted by Crippen LogP contribution is -2.29. The monoisotopic (exact) mass is 1800 g/mol. The molecule has 5 atom stereocenters. The number of azide groups is 1. The fourth-order valence-electron chi connectivity index (χ4n) is 13.2. The van der Waals surface area contributed by atoms with Gasteiger partial charge in [-0.1, -0.05) is 182 Å². The summed E-state index contributed by atoms with van der Waals surface area (Å²) in [6.07, 6.45) is 1.96. The number of ether oxygens (including phenoxy) is 5. The van der Waals surface area contributed by atoms with Crippen molar-refractivity contribution in [2.45, 2.75) is 151 Å². The number of aliphatic hydroxyl groups excluding tert-OH is 2. The summed E-state index contributed by atoms with van der Waals surface area (Å²) in [6, 6.07) is 59.8. The van der Waals surface area contributed by atoms with E-state index in [1.807, 2.05) is 120 Å². The molecule has 10 aromatic carbocycles. The molecule has 23 nitrogen and oxygen atoms in total. The molecule has 6 N–H and O–H groups in total. The van der Waals surface area contributed by atoms with Gasteiger partial charge in [0.15, 0.2) is 0 Å². The summed E-state index contributed by atoms with van der Waals surface area (Å²) < 4.78 is 97.8. The minimum absolute atomic E-state index is 0.0260. The Bertz CT molecular complexity index is 4960. The number of halogens is 6. The molecule has 0 saturated carbocycles. The second-order valence-electron chi connectivity index (χ2n) is 28.5. The largest absolute Gasteiger partial charge is 0.488 e. The Labute approximate surface area is 726 Å². The Morgan fingerprint density at radius 1 is 0.390 bits per heavy atom. The maximum Gasteiger partial charge on any atom is 0.488 e. The Kier molecular flexibility index (Phi) is 35.8. The molecule has 5 saturated heterocycles. The summed E-state index contributed by atoms with van der Waals surface area (Å²) in [5.74, 6) is -1.82. The zero-order valence-electron chi connectivity index (χ0n) is 69.6. The number of aliphatic hydroxyl groups is 2. The quantitative estimate of drug-likeness (QED) is 0.00849. The van der Waals surface area contributed by atoms with Crippen molar-refractivity contribution in [2.24, 2.45) is 10.8 Å². The summed E-state index contributed by atoms with van der Waals surface area (Å²) in [5, 5.41) is 38.6.